The molecule has 0 aromatic rings. The Morgan fingerprint density at radius 2 is 1.81 bits per heavy atom. The van der Waals surface area contributed by atoms with E-state index in [0.29, 0.717) is 12.8 Å². The minimum Gasteiger partial charge on any atom is -0.368 e. The molecule has 1 heterocycles. The van der Waals surface area contributed by atoms with Crippen LogP contribution in [0, 0.1) is 0 Å². The van der Waals surface area contributed by atoms with Crippen molar-refractivity contribution >= 4 is 24.2 Å². The molecular weight excluding hydrogens is 294 g/mol. The molecule has 0 spiro atoms. The van der Waals surface area contributed by atoms with Crippen LogP contribution in [0.4, 0.5) is 0 Å². The molecule has 124 valence electrons. The number of likely N-dealkylation sites (N-methyl/N-ethyl adjacent to an activating group) is 1. The number of hydrogen-bond acceptors (Lipinski definition) is 4. The number of rotatable bonds is 4. The molecule has 0 aromatic heterocycles. The molecule has 2 amide bonds. The first-order chi connectivity index (χ1) is 9.20. The summed E-state index contributed by atoms with van der Waals surface area (Å²) in [5.74, 6) is -0.279. The maximum absolute atomic E-state index is 12.5. The second-order valence-corrected chi connectivity index (χ2v) is 6.41. The van der Waals surface area contributed by atoms with Crippen molar-refractivity contribution in [3.63, 3.8) is 0 Å². The van der Waals surface area contributed by atoms with Gasteiger partial charge >= 0.3 is 0 Å². The number of nitrogens with zero attached hydrogens (tertiary/aromatic N) is 1. The summed E-state index contributed by atoms with van der Waals surface area (Å²) in [7, 11) is 3.21. The molecule has 0 bridgehead atoms. The van der Waals surface area contributed by atoms with Crippen LogP contribution >= 0.6 is 12.4 Å². The lowest BCUT2D eigenvalue weighted by Crippen LogP contribution is -2.56. The molecule has 1 fully saturated rings. The lowest BCUT2D eigenvalue weighted by atomic mass is 9.90. The summed E-state index contributed by atoms with van der Waals surface area (Å²) < 4.78 is 5.48. The number of ether oxygens (including phenoxy) is 1. The highest BCUT2D eigenvalue weighted by atomic mass is 35.5. The van der Waals surface area contributed by atoms with E-state index in [1.54, 1.807) is 14.2 Å². The molecule has 1 rings (SSSR count). The number of halogens is 1. The molecule has 7 heteroatoms. The summed E-state index contributed by atoms with van der Waals surface area (Å²) in [6.07, 6.45) is 1.27. The number of carbonyl (C=O) groups is 2. The zero-order chi connectivity index (χ0) is 15.4. The van der Waals surface area contributed by atoms with Crippen molar-refractivity contribution in [1.82, 2.24) is 15.5 Å². The van der Waals surface area contributed by atoms with Crippen LogP contribution in [-0.2, 0) is 14.3 Å². The van der Waals surface area contributed by atoms with Crippen molar-refractivity contribution in [2.75, 3.05) is 33.8 Å². The first kappa shape index (κ1) is 20.1. The van der Waals surface area contributed by atoms with Gasteiger partial charge in [-0.1, -0.05) is 0 Å². The van der Waals surface area contributed by atoms with Crippen LogP contribution in [-0.4, -0.2) is 61.6 Å². The van der Waals surface area contributed by atoms with Crippen LogP contribution in [0.1, 0.15) is 33.6 Å². The molecule has 6 nitrogen and oxygen atoms in total. The highest BCUT2D eigenvalue weighted by molar-refractivity contribution is 5.89. The number of amides is 2. The van der Waals surface area contributed by atoms with E-state index >= 15 is 0 Å². The van der Waals surface area contributed by atoms with Gasteiger partial charge < -0.3 is 20.3 Å². The molecule has 21 heavy (non-hydrogen) atoms. The zero-order valence-electron chi connectivity index (χ0n) is 13.6. The summed E-state index contributed by atoms with van der Waals surface area (Å²) in [5, 5.41) is 6.06. The van der Waals surface area contributed by atoms with E-state index in [-0.39, 0.29) is 36.3 Å². The van der Waals surface area contributed by atoms with Crippen molar-refractivity contribution < 1.29 is 14.3 Å². The highest BCUT2D eigenvalue weighted by Crippen LogP contribution is 2.24. The van der Waals surface area contributed by atoms with E-state index in [2.05, 4.69) is 10.6 Å². The average molecular weight is 322 g/mol. The van der Waals surface area contributed by atoms with Gasteiger partial charge in [-0.05, 0) is 46.7 Å². The SMILES string of the molecule is COC1(C(=O)N(C)CC(=O)NC(C)(C)C)CCNCC1.Cl. The third-order valence-corrected chi connectivity index (χ3v) is 3.43. The van der Waals surface area contributed by atoms with Gasteiger partial charge in [0.2, 0.25) is 5.91 Å². The van der Waals surface area contributed by atoms with Gasteiger partial charge in [-0.2, -0.15) is 0 Å². The number of hydrogen-bond donors (Lipinski definition) is 2. The van der Waals surface area contributed by atoms with E-state index in [4.69, 9.17) is 4.74 Å². The second kappa shape index (κ2) is 7.96. The lowest BCUT2D eigenvalue weighted by molar-refractivity contribution is -0.158. The summed E-state index contributed by atoms with van der Waals surface area (Å²) >= 11 is 0. The lowest BCUT2D eigenvalue weighted by Gasteiger charge is -2.37. The van der Waals surface area contributed by atoms with Crippen LogP contribution < -0.4 is 10.6 Å². The normalized spacial score (nSPS) is 17.6. The number of methoxy groups -OCH3 is 1. The van der Waals surface area contributed by atoms with Gasteiger partial charge in [-0.3, -0.25) is 9.59 Å². The summed E-state index contributed by atoms with van der Waals surface area (Å²) in [5.41, 5.74) is -1.09. The van der Waals surface area contributed by atoms with Crippen molar-refractivity contribution in [3.8, 4) is 0 Å². The van der Waals surface area contributed by atoms with Crippen LogP contribution in [0.25, 0.3) is 0 Å². The Morgan fingerprint density at radius 1 is 1.29 bits per heavy atom. The number of nitrogens with one attached hydrogen (secondary N) is 2. The minimum atomic E-state index is -0.790. The van der Waals surface area contributed by atoms with Crippen molar-refractivity contribution in [1.29, 1.82) is 0 Å². The molecule has 0 saturated carbocycles. The fourth-order valence-electron chi connectivity index (χ4n) is 2.43. The molecule has 1 aliphatic rings. The van der Waals surface area contributed by atoms with Crippen LogP contribution in [0.3, 0.4) is 0 Å². The Morgan fingerprint density at radius 3 is 2.24 bits per heavy atom. The molecule has 0 unspecified atom stereocenters. The predicted molar refractivity (Wildman–Crippen MR) is 84.6 cm³/mol. The summed E-state index contributed by atoms with van der Waals surface area (Å²) in [6, 6.07) is 0. The zero-order valence-corrected chi connectivity index (χ0v) is 14.4. The standard InChI is InChI=1S/C14H27N3O3.ClH/c1-13(2,3)16-11(18)10-17(4)12(19)14(20-5)6-8-15-9-7-14;/h15H,6-10H2,1-5H3,(H,16,18);1H. The van der Waals surface area contributed by atoms with Gasteiger partial charge in [0.15, 0.2) is 0 Å². The molecular formula is C14H28ClN3O3. The first-order valence-electron chi connectivity index (χ1n) is 7.03. The minimum absolute atomic E-state index is 0. The van der Waals surface area contributed by atoms with Gasteiger partial charge in [0.25, 0.3) is 5.91 Å². The molecule has 1 saturated heterocycles. The Kier molecular flexibility index (Phi) is 7.64. The Labute approximate surface area is 133 Å². The van der Waals surface area contributed by atoms with Crippen LogP contribution in [0.2, 0.25) is 0 Å². The fraction of sp³-hybridized carbons (Fsp3) is 0.857. The van der Waals surface area contributed by atoms with Gasteiger partial charge in [-0.15, -0.1) is 12.4 Å². The maximum Gasteiger partial charge on any atom is 0.255 e. The Hall–Kier alpha value is -0.850. The molecule has 0 aliphatic carbocycles. The third kappa shape index (κ3) is 5.80. The second-order valence-electron chi connectivity index (χ2n) is 6.41. The van der Waals surface area contributed by atoms with Crippen LogP contribution in [0.5, 0.6) is 0 Å². The summed E-state index contributed by atoms with van der Waals surface area (Å²) in [6.45, 7) is 7.29. The van der Waals surface area contributed by atoms with E-state index < -0.39 is 5.60 Å². The topological polar surface area (TPSA) is 70.7 Å². The van der Waals surface area contributed by atoms with Gasteiger partial charge in [-0.25, -0.2) is 0 Å². The fourth-order valence-corrected chi connectivity index (χ4v) is 2.43. The van der Waals surface area contributed by atoms with E-state index in [0.717, 1.165) is 13.1 Å². The summed E-state index contributed by atoms with van der Waals surface area (Å²) in [4.78, 5) is 25.9. The van der Waals surface area contributed by atoms with Crippen LogP contribution in [0.15, 0.2) is 0 Å². The first-order valence-corrected chi connectivity index (χ1v) is 7.03. The van der Waals surface area contributed by atoms with Crippen molar-refractivity contribution in [3.05, 3.63) is 0 Å². The van der Waals surface area contributed by atoms with Crippen molar-refractivity contribution in [2.45, 2.75) is 44.8 Å². The van der Waals surface area contributed by atoms with E-state index in [9.17, 15) is 9.59 Å². The van der Waals surface area contributed by atoms with Gasteiger partial charge in [0, 0.05) is 19.7 Å². The number of carbonyl (C=O) groups excluding carboxylic acids is 2. The van der Waals surface area contributed by atoms with Gasteiger partial charge in [0.05, 0.1) is 6.54 Å². The predicted octanol–water partition coefficient (Wildman–Crippen LogP) is 0.550. The number of piperidine rings is 1. The van der Waals surface area contributed by atoms with Gasteiger partial charge in [0.1, 0.15) is 5.60 Å². The third-order valence-electron chi connectivity index (χ3n) is 3.43. The molecule has 0 aromatic carbocycles. The molecule has 1 aliphatic heterocycles. The quantitative estimate of drug-likeness (QED) is 0.793. The molecule has 2 N–H and O–H groups in total. The monoisotopic (exact) mass is 321 g/mol. The highest BCUT2D eigenvalue weighted by Gasteiger charge is 2.41. The molecule has 0 atom stereocenters. The van der Waals surface area contributed by atoms with E-state index in [1.165, 1.54) is 4.90 Å². The largest absolute Gasteiger partial charge is 0.368 e. The van der Waals surface area contributed by atoms with Crippen molar-refractivity contribution in [2.24, 2.45) is 0 Å². The average Bonchev–Trinajstić information content (AvgIpc) is 2.36. The molecule has 0 radical (unpaired) electrons. The maximum atomic E-state index is 12.5. The van der Waals surface area contributed by atoms with E-state index in [1.807, 2.05) is 20.8 Å². The Balaban J connectivity index is 0.00000400. The Bertz CT molecular complexity index is 363. The smallest absolute Gasteiger partial charge is 0.255 e.